The molecule has 0 fully saturated rings. The van der Waals surface area contributed by atoms with Crippen LogP contribution in [0.25, 0.3) is 0 Å². The Bertz CT molecular complexity index is 1410. The van der Waals surface area contributed by atoms with Gasteiger partial charge in [0.1, 0.15) is 12.6 Å². The maximum absolute atomic E-state index is 14.1. The molecule has 3 rings (SSSR count). The Morgan fingerprint density at radius 2 is 1.57 bits per heavy atom. The van der Waals surface area contributed by atoms with E-state index < -0.39 is 28.5 Å². The Morgan fingerprint density at radius 3 is 2.15 bits per heavy atom. The van der Waals surface area contributed by atoms with E-state index in [2.05, 4.69) is 5.32 Å². The minimum atomic E-state index is -4.14. The van der Waals surface area contributed by atoms with E-state index in [0.717, 1.165) is 27.4 Å². The lowest BCUT2D eigenvalue weighted by Gasteiger charge is -2.33. The molecule has 0 unspecified atom stereocenters. The second-order valence-corrected chi connectivity index (χ2v) is 12.3. The summed E-state index contributed by atoms with van der Waals surface area (Å²) in [6.07, 6.45) is 1.10. The van der Waals surface area contributed by atoms with Crippen LogP contribution in [0, 0.1) is 13.8 Å². The van der Waals surface area contributed by atoms with Crippen molar-refractivity contribution in [3.8, 4) is 0 Å². The molecule has 0 bridgehead atoms. The minimum Gasteiger partial charge on any atom is -0.352 e. The average molecular weight is 584 g/mol. The van der Waals surface area contributed by atoms with E-state index in [1.54, 1.807) is 36.4 Å². The number of hydrogen-bond acceptors (Lipinski definition) is 4. The van der Waals surface area contributed by atoms with Crippen LogP contribution in [0.5, 0.6) is 0 Å². The minimum absolute atomic E-state index is 0.0473. The predicted octanol–water partition coefficient (Wildman–Crippen LogP) is 5.87. The number of carbonyl (C=O) groups excluding carboxylic acids is 2. The monoisotopic (exact) mass is 583 g/mol. The third kappa shape index (κ3) is 7.64. The summed E-state index contributed by atoms with van der Waals surface area (Å²) in [5.41, 5.74) is 2.95. The van der Waals surface area contributed by atoms with Crippen LogP contribution in [0.2, 0.25) is 5.02 Å². The van der Waals surface area contributed by atoms with Gasteiger partial charge in [-0.05, 0) is 69.0 Å². The number of rotatable bonds is 12. The first kappa shape index (κ1) is 31.2. The highest BCUT2D eigenvalue weighted by Crippen LogP contribution is 2.28. The Labute approximate surface area is 243 Å². The van der Waals surface area contributed by atoms with Crippen molar-refractivity contribution < 1.29 is 18.0 Å². The van der Waals surface area contributed by atoms with E-state index in [-0.39, 0.29) is 29.1 Å². The number of amides is 2. The summed E-state index contributed by atoms with van der Waals surface area (Å²) in [6, 6.07) is 19.7. The van der Waals surface area contributed by atoms with Crippen LogP contribution in [0.1, 0.15) is 50.3 Å². The summed E-state index contributed by atoms with van der Waals surface area (Å²) in [7, 11) is -4.14. The van der Waals surface area contributed by atoms with E-state index >= 15 is 0 Å². The fraction of sp³-hybridized carbons (Fsp3) is 0.355. The summed E-state index contributed by atoms with van der Waals surface area (Å²) in [5, 5.41) is 3.37. The Hall–Kier alpha value is -3.36. The molecule has 2 atom stereocenters. The van der Waals surface area contributed by atoms with Gasteiger partial charge in [0, 0.05) is 17.6 Å². The fourth-order valence-electron chi connectivity index (χ4n) is 4.24. The first-order valence-corrected chi connectivity index (χ1v) is 15.3. The van der Waals surface area contributed by atoms with Crippen LogP contribution in [0.15, 0.2) is 77.7 Å². The van der Waals surface area contributed by atoms with Crippen molar-refractivity contribution in [1.82, 2.24) is 10.2 Å². The van der Waals surface area contributed by atoms with Crippen LogP contribution < -0.4 is 9.62 Å². The molecule has 7 nitrogen and oxygen atoms in total. The highest BCUT2D eigenvalue weighted by Gasteiger charge is 2.34. The van der Waals surface area contributed by atoms with E-state index in [0.29, 0.717) is 11.4 Å². The summed E-state index contributed by atoms with van der Waals surface area (Å²) < 4.78 is 28.8. The zero-order valence-corrected chi connectivity index (χ0v) is 25.3. The number of halogens is 1. The molecular formula is C31H38ClN3O4S. The van der Waals surface area contributed by atoms with Crippen LogP contribution in [0.3, 0.4) is 0 Å². The molecule has 0 radical (unpaired) electrons. The molecule has 2 amide bonds. The molecule has 0 heterocycles. The maximum Gasteiger partial charge on any atom is 0.264 e. The van der Waals surface area contributed by atoms with Crippen molar-refractivity contribution in [2.75, 3.05) is 10.8 Å². The third-order valence-corrected chi connectivity index (χ3v) is 9.11. The molecule has 0 aliphatic heterocycles. The van der Waals surface area contributed by atoms with Crippen molar-refractivity contribution in [2.24, 2.45) is 0 Å². The lowest BCUT2D eigenvalue weighted by atomic mass is 10.1. The third-order valence-electron chi connectivity index (χ3n) is 6.91. The molecule has 0 aromatic heterocycles. The predicted molar refractivity (Wildman–Crippen MR) is 161 cm³/mol. The van der Waals surface area contributed by atoms with Crippen LogP contribution in [-0.2, 0) is 26.2 Å². The van der Waals surface area contributed by atoms with E-state index in [1.165, 1.54) is 17.0 Å². The van der Waals surface area contributed by atoms with E-state index in [9.17, 15) is 18.0 Å². The first-order valence-electron chi connectivity index (χ1n) is 13.5. The van der Waals surface area contributed by atoms with Crippen LogP contribution in [0.4, 0.5) is 5.69 Å². The molecular weight excluding hydrogens is 546 g/mol. The summed E-state index contributed by atoms with van der Waals surface area (Å²) in [5.74, 6) is -0.768. The first-order chi connectivity index (χ1) is 19.0. The highest BCUT2D eigenvalue weighted by molar-refractivity contribution is 7.92. The molecule has 0 saturated heterocycles. The van der Waals surface area contributed by atoms with Gasteiger partial charge in [-0.15, -0.1) is 0 Å². The molecule has 0 spiro atoms. The van der Waals surface area contributed by atoms with Crippen molar-refractivity contribution in [2.45, 2.75) is 71.0 Å². The number of aryl methyl sites for hydroxylation is 2. The summed E-state index contributed by atoms with van der Waals surface area (Å²) >= 11 is 6.38. The molecule has 3 aromatic rings. The Kier molecular flexibility index (Phi) is 10.8. The van der Waals surface area contributed by atoms with Crippen LogP contribution >= 0.6 is 11.6 Å². The van der Waals surface area contributed by atoms with E-state index in [4.69, 9.17) is 11.6 Å². The number of nitrogens with one attached hydrogen (secondary N) is 1. The van der Waals surface area contributed by atoms with E-state index in [1.807, 2.05) is 58.9 Å². The van der Waals surface area contributed by atoms with Gasteiger partial charge in [-0.25, -0.2) is 8.42 Å². The smallest absolute Gasteiger partial charge is 0.264 e. The van der Waals surface area contributed by atoms with Crippen molar-refractivity contribution in [3.05, 3.63) is 94.5 Å². The zero-order valence-electron chi connectivity index (χ0n) is 23.7. The fourth-order valence-corrected chi connectivity index (χ4v) is 5.84. The number of hydrogen-bond donors (Lipinski definition) is 1. The molecule has 214 valence electrons. The highest BCUT2D eigenvalue weighted by atomic mass is 35.5. The SMILES string of the molecule is CC[C@@H](C)NC(=O)[C@@H](CC)N(Cc1ccc(C)cc1)C(=O)CN(c1ccc(C)c(Cl)c1)S(=O)(=O)c1ccccc1. The van der Waals surface area contributed by atoms with Gasteiger partial charge in [-0.2, -0.15) is 0 Å². The van der Waals surface area contributed by atoms with Gasteiger partial charge in [0.2, 0.25) is 11.8 Å². The Morgan fingerprint density at radius 1 is 0.925 bits per heavy atom. The maximum atomic E-state index is 14.1. The lowest BCUT2D eigenvalue weighted by Crippen LogP contribution is -2.53. The van der Waals surface area contributed by atoms with Gasteiger partial charge in [0.05, 0.1) is 10.6 Å². The summed E-state index contributed by atoms with van der Waals surface area (Å²) in [6.45, 7) is 9.16. The van der Waals surface area contributed by atoms with Gasteiger partial charge in [0.15, 0.2) is 0 Å². The quantitative estimate of drug-likeness (QED) is 0.289. The Balaban J connectivity index is 2.06. The number of benzene rings is 3. The molecule has 3 aromatic carbocycles. The van der Waals surface area contributed by atoms with Crippen molar-refractivity contribution in [3.63, 3.8) is 0 Å². The van der Waals surface area contributed by atoms with Crippen LogP contribution in [-0.4, -0.2) is 43.8 Å². The molecule has 0 aliphatic carbocycles. The number of anilines is 1. The number of nitrogens with zero attached hydrogens (tertiary/aromatic N) is 2. The average Bonchev–Trinajstić information content (AvgIpc) is 2.94. The number of carbonyl (C=O) groups is 2. The molecule has 0 saturated carbocycles. The topological polar surface area (TPSA) is 86.8 Å². The van der Waals surface area contributed by atoms with Gasteiger partial charge in [-0.3, -0.25) is 13.9 Å². The van der Waals surface area contributed by atoms with Crippen molar-refractivity contribution in [1.29, 1.82) is 0 Å². The largest absolute Gasteiger partial charge is 0.352 e. The van der Waals surface area contributed by atoms with Gasteiger partial charge in [-0.1, -0.05) is 79.5 Å². The second-order valence-electron chi connectivity index (χ2n) is 10.0. The molecule has 0 aliphatic rings. The molecule has 9 heteroatoms. The molecule has 1 N–H and O–H groups in total. The lowest BCUT2D eigenvalue weighted by molar-refractivity contribution is -0.140. The second kappa shape index (κ2) is 13.8. The molecule has 40 heavy (non-hydrogen) atoms. The zero-order chi connectivity index (χ0) is 29.4. The van der Waals surface area contributed by atoms with Gasteiger partial charge in [0.25, 0.3) is 10.0 Å². The van der Waals surface area contributed by atoms with Crippen molar-refractivity contribution >= 4 is 39.1 Å². The van der Waals surface area contributed by atoms with Gasteiger partial charge < -0.3 is 10.2 Å². The normalized spacial score (nSPS) is 12.8. The van der Waals surface area contributed by atoms with Gasteiger partial charge >= 0.3 is 0 Å². The summed E-state index contributed by atoms with van der Waals surface area (Å²) in [4.78, 5) is 29.0. The standard InChI is InChI=1S/C31H38ClN3O4S/c1-6-24(5)33-31(37)29(7-2)34(20-25-16-13-22(3)14-17-25)30(36)21-35(26-18-15-23(4)28(32)19-26)40(38,39)27-11-9-8-10-12-27/h8-19,24,29H,6-7,20-21H2,1-5H3,(H,33,37)/t24-,29-/m1/s1. The number of sulfonamides is 1.